The minimum Gasteiger partial charge on any atom is -0.488 e. The van der Waals surface area contributed by atoms with E-state index in [1.54, 1.807) is 24.3 Å². The second kappa shape index (κ2) is 9.97. The van der Waals surface area contributed by atoms with Crippen LogP contribution in [0.25, 0.3) is 0 Å². The van der Waals surface area contributed by atoms with Gasteiger partial charge in [0.2, 0.25) is 0 Å². The molecule has 0 radical (unpaired) electrons. The fourth-order valence-electron chi connectivity index (χ4n) is 3.49. The first-order valence-electron chi connectivity index (χ1n) is 10.0. The Hall–Kier alpha value is -3.16. The molecular formula is C24H21ClN2O4S. The molecule has 6 nitrogen and oxygen atoms in total. The Kier molecular flexibility index (Phi) is 6.87. The predicted molar refractivity (Wildman–Crippen MR) is 124 cm³/mol. The predicted octanol–water partition coefficient (Wildman–Crippen LogP) is 5.35. The normalized spacial score (nSPS) is 17.9. The van der Waals surface area contributed by atoms with Crippen LogP contribution < -0.4 is 10.1 Å². The third-order valence-electron chi connectivity index (χ3n) is 5.06. The van der Waals surface area contributed by atoms with Gasteiger partial charge in [0.05, 0.1) is 11.8 Å². The Bertz CT molecular complexity index is 1150. The van der Waals surface area contributed by atoms with E-state index >= 15 is 0 Å². The monoisotopic (exact) mass is 468 g/mol. The zero-order valence-electron chi connectivity index (χ0n) is 17.3. The van der Waals surface area contributed by atoms with Crippen LogP contribution in [-0.2, 0) is 16.1 Å². The lowest BCUT2D eigenvalue weighted by molar-refractivity contribution is -0.148. The number of thiophene rings is 1. The third-order valence-corrected chi connectivity index (χ3v) is 6.40. The summed E-state index contributed by atoms with van der Waals surface area (Å²) in [4.78, 5) is 30.6. The molecule has 4 rings (SSSR count). The van der Waals surface area contributed by atoms with Crippen molar-refractivity contribution in [1.82, 2.24) is 5.32 Å². The maximum absolute atomic E-state index is 13.2. The first-order valence-corrected chi connectivity index (χ1v) is 11.3. The zero-order valence-corrected chi connectivity index (χ0v) is 18.9. The number of carbonyl (C=O) groups is 2. The molecule has 32 heavy (non-hydrogen) atoms. The van der Waals surface area contributed by atoms with Gasteiger partial charge in [-0.25, -0.2) is 4.79 Å². The molecule has 0 bridgehead atoms. The Labute approximate surface area is 194 Å². The summed E-state index contributed by atoms with van der Waals surface area (Å²) in [7, 11) is 0. The lowest BCUT2D eigenvalue weighted by atomic mass is 9.90. The molecule has 8 heteroatoms. The maximum Gasteiger partial charge on any atom is 0.341 e. The summed E-state index contributed by atoms with van der Waals surface area (Å²) in [6, 6.07) is 17.2. The molecule has 164 valence electrons. The molecular weight excluding hydrogens is 448 g/mol. The highest BCUT2D eigenvalue weighted by Gasteiger charge is 2.41. The Morgan fingerprint density at radius 2 is 1.94 bits per heavy atom. The van der Waals surface area contributed by atoms with Gasteiger partial charge in [0.1, 0.15) is 24.9 Å². The fourth-order valence-corrected chi connectivity index (χ4v) is 4.68. The first-order chi connectivity index (χ1) is 15.5. The number of amides is 2. The van der Waals surface area contributed by atoms with Crippen LogP contribution in [0.3, 0.4) is 0 Å². The standard InChI is InChI=1S/C24H21ClN2O4S/c1-15-10-11-32-22(15)21-20(23(28)31-13-16-6-3-2-4-7-16)19(26-24(29)27-21)14-30-18-9-5-8-17(25)12-18/h2-12,20-21H,13-14H2,1H3,(H,27,29). The van der Waals surface area contributed by atoms with Crippen molar-refractivity contribution in [2.45, 2.75) is 19.6 Å². The van der Waals surface area contributed by atoms with E-state index in [1.807, 2.05) is 48.7 Å². The van der Waals surface area contributed by atoms with Crippen molar-refractivity contribution in [1.29, 1.82) is 0 Å². The molecule has 0 saturated heterocycles. The first kappa shape index (κ1) is 22.0. The number of hydrogen-bond donors (Lipinski definition) is 1. The number of carbonyl (C=O) groups excluding carboxylic acids is 2. The zero-order chi connectivity index (χ0) is 22.5. The number of aryl methyl sites for hydroxylation is 1. The number of aliphatic imine (C=N–C) groups is 1. The molecule has 2 heterocycles. The van der Waals surface area contributed by atoms with Gasteiger partial charge in [-0.3, -0.25) is 4.79 Å². The SMILES string of the molecule is Cc1ccsc1C1NC(=O)N=C(COc2cccc(Cl)c2)C1C(=O)OCc1ccccc1. The van der Waals surface area contributed by atoms with Gasteiger partial charge in [0.15, 0.2) is 0 Å². The molecule has 1 aliphatic rings. The Balaban J connectivity index is 1.59. The van der Waals surface area contributed by atoms with Crippen molar-refractivity contribution in [2.75, 3.05) is 6.61 Å². The van der Waals surface area contributed by atoms with Crippen molar-refractivity contribution in [3.63, 3.8) is 0 Å². The number of rotatable bonds is 7. The van der Waals surface area contributed by atoms with E-state index in [1.165, 1.54) is 11.3 Å². The lowest BCUT2D eigenvalue weighted by Gasteiger charge is -2.30. The van der Waals surface area contributed by atoms with Gasteiger partial charge in [-0.2, -0.15) is 4.99 Å². The van der Waals surface area contributed by atoms with Gasteiger partial charge < -0.3 is 14.8 Å². The van der Waals surface area contributed by atoms with Crippen LogP contribution in [0.5, 0.6) is 5.75 Å². The van der Waals surface area contributed by atoms with E-state index in [4.69, 9.17) is 21.1 Å². The molecule has 0 fully saturated rings. The number of nitrogens with zero attached hydrogens (tertiary/aromatic N) is 1. The van der Waals surface area contributed by atoms with Crippen LogP contribution in [0.15, 0.2) is 71.0 Å². The minimum absolute atomic E-state index is 0.0419. The van der Waals surface area contributed by atoms with Crippen LogP contribution >= 0.6 is 22.9 Å². The van der Waals surface area contributed by atoms with Crippen molar-refractivity contribution in [3.8, 4) is 5.75 Å². The smallest absolute Gasteiger partial charge is 0.341 e. The molecule has 2 atom stereocenters. The van der Waals surface area contributed by atoms with E-state index in [-0.39, 0.29) is 13.2 Å². The average Bonchev–Trinajstić information content (AvgIpc) is 3.22. The second-order valence-electron chi connectivity index (χ2n) is 7.32. The molecule has 2 aromatic carbocycles. The van der Waals surface area contributed by atoms with Crippen molar-refractivity contribution in [3.05, 3.63) is 87.1 Å². The molecule has 0 saturated carbocycles. The molecule has 1 aromatic heterocycles. The van der Waals surface area contributed by atoms with E-state index in [0.717, 1.165) is 16.0 Å². The number of hydrogen-bond acceptors (Lipinski definition) is 5. The second-order valence-corrected chi connectivity index (χ2v) is 8.70. The molecule has 2 amide bonds. The summed E-state index contributed by atoms with van der Waals surface area (Å²) in [5.41, 5.74) is 2.17. The summed E-state index contributed by atoms with van der Waals surface area (Å²) in [5.74, 6) is -0.764. The Morgan fingerprint density at radius 1 is 1.12 bits per heavy atom. The summed E-state index contributed by atoms with van der Waals surface area (Å²) >= 11 is 7.51. The highest BCUT2D eigenvalue weighted by molar-refractivity contribution is 7.10. The fraction of sp³-hybridized carbons (Fsp3) is 0.208. The number of urea groups is 1. The highest BCUT2D eigenvalue weighted by atomic mass is 35.5. The van der Waals surface area contributed by atoms with Crippen LogP contribution in [0.1, 0.15) is 22.0 Å². The Morgan fingerprint density at radius 3 is 2.66 bits per heavy atom. The van der Waals surface area contributed by atoms with Crippen LogP contribution in [0.4, 0.5) is 4.79 Å². The van der Waals surface area contributed by atoms with E-state index in [9.17, 15) is 9.59 Å². The van der Waals surface area contributed by atoms with Gasteiger partial charge in [-0.05, 0) is 47.7 Å². The molecule has 1 N–H and O–H groups in total. The summed E-state index contributed by atoms with van der Waals surface area (Å²) in [5, 5.41) is 5.28. The van der Waals surface area contributed by atoms with E-state index in [2.05, 4.69) is 10.3 Å². The largest absolute Gasteiger partial charge is 0.488 e. The average molecular weight is 469 g/mol. The summed E-state index contributed by atoms with van der Waals surface area (Å²) in [6.45, 7) is 2.03. The van der Waals surface area contributed by atoms with Crippen LogP contribution in [0, 0.1) is 12.8 Å². The molecule has 2 unspecified atom stereocenters. The molecule has 3 aromatic rings. The quantitative estimate of drug-likeness (QED) is 0.474. The summed E-state index contributed by atoms with van der Waals surface area (Å²) in [6.07, 6.45) is 0. The van der Waals surface area contributed by atoms with Crippen molar-refractivity contribution >= 4 is 40.6 Å². The number of ether oxygens (including phenoxy) is 2. The van der Waals surface area contributed by atoms with Gasteiger partial charge in [-0.15, -0.1) is 11.3 Å². The van der Waals surface area contributed by atoms with Crippen molar-refractivity contribution in [2.24, 2.45) is 10.9 Å². The number of esters is 1. The number of benzene rings is 2. The van der Waals surface area contributed by atoms with Gasteiger partial charge in [0, 0.05) is 9.90 Å². The maximum atomic E-state index is 13.2. The van der Waals surface area contributed by atoms with E-state index < -0.39 is 24.0 Å². The highest BCUT2D eigenvalue weighted by Crippen LogP contribution is 2.34. The number of halogens is 1. The van der Waals surface area contributed by atoms with Crippen LogP contribution in [-0.4, -0.2) is 24.3 Å². The summed E-state index contributed by atoms with van der Waals surface area (Å²) < 4.78 is 11.4. The minimum atomic E-state index is -0.812. The third kappa shape index (κ3) is 5.18. The van der Waals surface area contributed by atoms with Gasteiger partial charge in [0.25, 0.3) is 0 Å². The lowest BCUT2D eigenvalue weighted by Crippen LogP contribution is -2.46. The topological polar surface area (TPSA) is 77.0 Å². The van der Waals surface area contributed by atoms with Crippen molar-refractivity contribution < 1.29 is 19.1 Å². The van der Waals surface area contributed by atoms with Crippen LogP contribution in [0.2, 0.25) is 5.02 Å². The van der Waals surface area contributed by atoms with Gasteiger partial charge in [-0.1, -0.05) is 48.0 Å². The van der Waals surface area contributed by atoms with E-state index in [0.29, 0.717) is 16.5 Å². The number of nitrogens with one attached hydrogen (secondary N) is 1. The molecule has 0 spiro atoms. The molecule has 0 aliphatic carbocycles. The van der Waals surface area contributed by atoms with Gasteiger partial charge >= 0.3 is 12.0 Å². The molecule has 1 aliphatic heterocycles.